The zero-order valence-corrected chi connectivity index (χ0v) is 10.2. The summed E-state index contributed by atoms with van der Waals surface area (Å²) in [7, 11) is 0. The van der Waals surface area contributed by atoms with Crippen molar-refractivity contribution in [3.8, 4) is 5.82 Å². The second-order valence-electron chi connectivity index (χ2n) is 2.81. The minimum absolute atomic E-state index is 0.340. The van der Waals surface area contributed by atoms with Crippen LogP contribution in [0.4, 0.5) is 0 Å². The number of nitrogens with zero attached hydrogens (tertiary/aromatic N) is 3. The van der Waals surface area contributed by atoms with Gasteiger partial charge in [0.1, 0.15) is 12.1 Å². The van der Waals surface area contributed by atoms with E-state index in [-0.39, 0.29) is 0 Å². The number of hydrogen-bond donors (Lipinski definition) is 1. The lowest BCUT2D eigenvalue weighted by Gasteiger charge is -2.04. The van der Waals surface area contributed by atoms with Crippen LogP contribution in [0.5, 0.6) is 0 Å². The molecule has 2 heterocycles. The maximum absolute atomic E-state index is 11.5. The van der Waals surface area contributed by atoms with E-state index in [1.807, 2.05) is 13.8 Å². The predicted molar refractivity (Wildman–Crippen MR) is 63.0 cm³/mol. The minimum atomic E-state index is -0.399. The van der Waals surface area contributed by atoms with Gasteiger partial charge >= 0.3 is 5.97 Å². The number of H-pyrrole nitrogens is 1. The van der Waals surface area contributed by atoms with Gasteiger partial charge in [-0.25, -0.2) is 9.78 Å². The summed E-state index contributed by atoms with van der Waals surface area (Å²) < 4.78 is 6.48. The third-order valence-corrected chi connectivity index (χ3v) is 1.87. The van der Waals surface area contributed by atoms with Crippen LogP contribution in [0.25, 0.3) is 5.82 Å². The maximum Gasteiger partial charge on any atom is 0.357 e. The molecule has 0 saturated carbocycles. The number of aromatic nitrogens is 4. The number of rotatable bonds is 3. The average Bonchev–Trinajstić information content (AvgIpc) is 3.02. The molecule has 0 amide bonds. The van der Waals surface area contributed by atoms with E-state index in [1.165, 1.54) is 12.5 Å². The summed E-state index contributed by atoms with van der Waals surface area (Å²) in [4.78, 5) is 15.4. The maximum atomic E-state index is 11.5. The Hall–Kier alpha value is -2.11. The van der Waals surface area contributed by atoms with E-state index >= 15 is 0 Å². The molecule has 0 saturated heterocycles. The third-order valence-electron chi connectivity index (χ3n) is 1.87. The molecule has 0 fully saturated rings. The molecule has 0 unspecified atom stereocenters. The van der Waals surface area contributed by atoms with Gasteiger partial charge in [0.2, 0.25) is 0 Å². The molecular weight excluding hydrogens is 220 g/mol. The first kappa shape index (κ1) is 13.0. The highest BCUT2D eigenvalue weighted by atomic mass is 16.5. The molecule has 0 aliphatic rings. The summed E-state index contributed by atoms with van der Waals surface area (Å²) in [5, 5.41) is 6.54. The first-order valence-electron chi connectivity index (χ1n) is 5.52. The summed E-state index contributed by atoms with van der Waals surface area (Å²) >= 11 is 0. The quantitative estimate of drug-likeness (QED) is 0.825. The van der Waals surface area contributed by atoms with Crippen molar-refractivity contribution in [3.63, 3.8) is 0 Å². The smallest absolute Gasteiger partial charge is 0.357 e. The summed E-state index contributed by atoms with van der Waals surface area (Å²) in [5.41, 5.74) is 0.376. The molecule has 2 rings (SSSR count). The van der Waals surface area contributed by atoms with E-state index in [0.29, 0.717) is 18.1 Å². The number of nitrogens with one attached hydrogen (secondary N) is 1. The molecular formula is C11H16N4O2. The molecule has 0 atom stereocenters. The van der Waals surface area contributed by atoms with Gasteiger partial charge in [-0.1, -0.05) is 13.8 Å². The lowest BCUT2D eigenvalue weighted by molar-refractivity contribution is 0.0517. The van der Waals surface area contributed by atoms with Gasteiger partial charge in [0.15, 0.2) is 5.69 Å². The SMILES string of the molecule is CC.CCOC(=O)c1cncn1-c1ccn[nH]1. The lowest BCUT2D eigenvalue weighted by atomic mass is 10.4. The fraction of sp³-hybridized carbons (Fsp3) is 0.364. The van der Waals surface area contributed by atoms with E-state index < -0.39 is 5.97 Å². The van der Waals surface area contributed by atoms with Crippen molar-refractivity contribution in [1.82, 2.24) is 19.7 Å². The number of aromatic amines is 1. The fourth-order valence-corrected chi connectivity index (χ4v) is 1.23. The molecule has 2 aromatic heterocycles. The molecule has 0 aliphatic carbocycles. The largest absolute Gasteiger partial charge is 0.461 e. The predicted octanol–water partition coefficient (Wildman–Crippen LogP) is 1.80. The fourth-order valence-electron chi connectivity index (χ4n) is 1.23. The normalized spacial score (nSPS) is 9.35. The van der Waals surface area contributed by atoms with E-state index in [9.17, 15) is 4.79 Å². The molecule has 1 N–H and O–H groups in total. The first-order chi connectivity index (χ1) is 8.33. The van der Waals surface area contributed by atoms with Crippen molar-refractivity contribution in [2.75, 3.05) is 6.61 Å². The van der Waals surface area contributed by atoms with Crippen LogP contribution in [0.1, 0.15) is 31.3 Å². The molecule has 6 nitrogen and oxygen atoms in total. The molecule has 0 aromatic carbocycles. The second-order valence-corrected chi connectivity index (χ2v) is 2.81. The molecule has 2 aromatic rings. The lowest BCUT2D eigenvalue weighted by Crippen LogP contribution is -2.10. The van der Waals surface area contributed by atoms with Crippen molar-refractivity contribution in [2.45, 2.75) is 20.8 Å². The van der Waals surface area contributed by atoms with E-state index in [1.54, 1.807) is 23.8 Å². The van der Waals surface area contributed by atoms with Crippen molar-refractivity contribution in [1.29, 1.82) is 0 Å². The zero-order chi connectivity index (χ0) is 12.7. The molecule has 17 heavy (non-hydrogen) atoms. The Balaban J connectivity index is 0.000000686. The Labute approximate surface area is 99.6 Å². The van der Waals surface area contributed by atoms with Crippen molar-refractivity contribution in [2.24, 2.45) is 0 Å². The van der Waals surface area contributed by atoms with E-state index in [2.05, 4.69) is 15.2 Å². The molecule has 92 valence electrons. The van der Waals surface area contributed by atoms with Crippen LogP contribution >= 0.6 is 0 Å². The summed E-state index contributed by atoms with van der Waals surface area (Å²) in [6.45, 7) is 6.10. The number of esters is 1. The van der Waals surface area contributed by atoms with Gasteiger partial charge in [0.05, 0.1) is 19.0 Å². The van der Waals surface area contributed by atoms with Gasteiger partial charge in [-0.2, -0.15) is 5.10 Å². The van der Waals surface area contributed by atoms with Gasteiger partial charge in [-0.3, -0.25) is 9.67 Å². The van der Waals surface area contributed by atoms with Crippen molar-refractivity contribution in [3.05, 3.63) is 30.5 Å². The van der Waals surface area contributed by atoms with Crippen LogP contribution in [-0.2, 0) is 4.74 Å². The van der Waals surface area contributed by atoms with Crippen LogP contribution in [0.2, 0.25) is 0 Å². The van der Waals surface area contributed by atoms with Crippen LogP contribution < -0.4 is 0 Å². The Morgan fingerprint density at radius 1 is 1.53 bits per heavy atom. The standard InChI is InChI=1S/C9H10N4O2.C2H6/c1-2-15-9(14)7-5-10-6-13(7)8-3-4-11-12-8;1-2/h3-6H,2H2,1H3,(H,11,12);1-2H3. The highest BCUT2D eigenvalue weighted by molar-refractivity contribution is 5.87. The Bertz CT molecular complexity index is 448. The number of carbonyl (C=O) groups is 1. The van der Waals surface area contributed by atoms with E-state index in [0.717, 1.165) is 0 Å². The zero-order valence-electron chi connectivity index (χ0n) is 10.2. The van der Waals surface area contributed by atoms with Crippen LogP contribution in [0.15, 0.2) is 24.8 Å². The Morgan fingerprint density at radius 3 is 2.88 bits per heavy atom. The highest BCUT2D eigenvalue weighted by Crippen LogP contribution is 2.08. The van der Waals surface area contributed by atoms with Crippen molar-refractivity contribution < 1.29 is 9.53 Å². The number of hydrogen-bond acceptors (Lipinski definition) is 4. The molecule has 6 heteroatoms. The molecule has 0 aliphatic heterocycles. The second kappa shape index (κ2) is 6.47. The van der Waals surface area contributed by atoms with Crippen molar-refractivity contribution >= 4 is 5.97 Å². The summed E-state index contributed by atoms with van der Waals surface area (Å²) in [5.74, 6) is 0.278. The Kier molecular flexibility index (Phi) is 4.93. The van der Waals surface area contributed by atoms with Gasteiger partial charge in [0, 0.05) is 6.07 Å². The number of carbonyl (C=O) groups excluding carboxylic acids is 1. The molecule has 0 radical (unpaired) electrons. The van der Waals surface area contributed by atoms with Gasteiger partial charge in [-0.15, -0.1) is 0 Å². The third kappa shape index (κ3) is 2.93. The molecule has 0 spiro atoms. The van der Waals surface area contributed by atoms with Gasteiger partial charge < -0.3 is 4.74 Å². The topological polar surface area (TPSA) is 72.8 Å². The van der Waals surface area contributed by atoms with E-state index in [4.69, 9.17) is 4.74 Å². The highest BCUT2D eigenvalue weighted by Gasteiger charge is 2.14. The number of ether oxygens (including phenoxy) is 1. The van der Waals surface area contributed by atoms with Gasteiger partial charge in [0.25, 0.3) is 0 Å². The molecule has 0 bridgehead atoms. The monoisotopic (exact) mass is 236 g/mol. The number of imidazole rings is 1. The average molecular weight is 236 g/mol. The Morgan fingerprint density at radius 2 is 2.29 bits per heavy atom. The van der Waals surface area contributed by atoms with Crippen LogP contribution in [0.3, 0.4) is 0 Å². The van der Waals surface area contributed by atoms with Crippen LogP contribution in [0, 0.1) is 0 Å². The first-order valence-corrected chi connectivity index (χ1v) is 5.52. The summed E-state index contributed by atoms with van der Waals surface area (Å²) in [6, 6.07) is 1.74. The summed E-state index contributed by atoms with van der Waals surface area (Å²) in [6.07, 6.45) is 4.59. The van der Waals surface area contributed by atoms with Crippen LogP contribution in [-0.4, -0.2) is 32.3 Å². The van der Waals surface area contributed by atoms with Gasteiger partial charge in [-0.05, 0) is 6.92 Å². The minimum Gasteiger partial charge on any atom is -0.461 e.